The summed E-state index contributed by atoms with van der Waals surface area (Å²) in [6, 6.07) is 0. The number of alkyl carbamates (subject to hydrolysis) is 1. The topological polar surface area (TPSA) is 102 Å². The van der Waals surface area contributed by atoms with Gasteiger partial charge in [0.25, 0.3) is 0 Å². The lowest BCUT2D eigenvalue weighted by Gasteiger charge is -2.01. The lowest BCUT2D eigenvalue weighted by atomic mass is 10.5. The van der Waals surface area contributed by atoms with Crippen molar-refractivity contribution in [3.8, 4) is 0 Å². The normalized spacial score (nSPS) is 9.50. The van der Waals surface area contributed by atoms with Gasteiger partial charge in [0.1, 0.15) is 12.9 Å². The van der Waals surface area contributed by atoms with Crippen LogP contribution in [0.3, 0.4) is 0 Å². The van der Waals surface area contributed by atoms with E-state index >= 15 is 0 Å². The van der Waals surface area contributed by atoms with E-state index < -0.39 is 12.1 Å². The number of amides is 1. The Morgan fingerprint density at radius 2 is 2.44 bits per heavy atom. The van der Waals surface area contributed by atoms with E-state index in [0.29, 0.717) is 0 Å². The summed E-state index contributed by atoms with van der Waals surface area (Å²) in [4.78, 5) is 25.0. The van der Waals surface area contributed by atoms with Crippen LogP contribution < -0.4 is 5.32 Å². The number of ether oxygens (including phenoxy) is 1. The summed E-state index contributed by atoms with van der Waals surface area (Å²) in [6.07, 6.45) is 1.76. The molecule has 7 heteroatoms. The van der Waals surface area contributed by atoms with Gasteiger partial charge < -0.3 is 19.6 Å². The number of carboxylic acids is 1. The predicted octanol–water partition coefficient (Wildman–Crippen LogP) is 0.785. The van der Waals surface area contributed by atoms with Crippen molar-refractivity contribution in [3.63, 3.8) is 0 Å². The lowest BCUT2D eigenvalue weighted by Crippen LogP contribution is -2.24. The van der Waals surface area contributed by atoms with Gasteiger partial charge in [-0.3, -0.25) is 0 Å². The van der Waals surface area contributed by atoms with E-state index in [-0.39, 0.29) is 24.7 Å². The highest BCUT2D eigenvalue weighted by atomic mass is 16.5. The molecule has 0 saturated carbocycles. The van der Waals surface area contributed by atoms with Crippen molar-refractivity contribution < 1.29 is 23.8 Å². The zero-order chi connectivity index (χ0) is 12.0. The summed E-state index contributed by atoms with van der Waals surface area (Å²) >= 11 is 0. The van der Waals surface area contributed by atoms with E-state index in [4.69, 9.17) is 9.52 Å². The van der Waals surface area contributed by atoms with Gasteiger partial charge in [-0.2, -0.15) is 0 Å². The summed E-state index contributed by atoms with van der Waals surface area (Å²) in [5.74, 6) is -1.10. The van der Waals surface area contributed by atoms with Crippen molar-refractivity contribution in [2.75, 3.05) is 6.61 Å². The van der Waals surface area contributed by atoms with Gasteiger partial charge in [0.2, 0.25) is 5.89 Å². The maximum atomic E-state index is 10.9. The third kappa shape index (κ3) is 3.45. The van der Waals surface area contributed by atoms with Gasteiger partial charge in [-0.05, 0) is 0 Å². The summed E-state index contributed by atoms with van der Waals surface area (Å²) < 4.78 is 9.41. The van der Waals surface area contributed by atoms with Gasteiger partial charge in [-0.25, -0.2) is 14.6 Å². The van der Waals surface area contributed by atoms with Crippen LogP contribution in [0.25, 0.3) is 0 Å². The SMILES string of the molecule is C=CCOC(=O)NCc1nc(C(=O)O)co1. The van der Waals surface area contributed by atoms with Crippen molar-refractivity contribution in [1.82, 2.24) is 10.3 Å². The highest BCUT2D eigenvalue weighted by Crippen LogP contribution is 2.01. The monoisotopic (exact) mass is 226 g/mol. The summed E-state index contributed by atoms with van der Waals surface area (Å²) in [7, 11) is 0. The van der Waals surface area contributed by atoms with Crippen LogP contribution in [0, 0.1) is 0 Å². The second kappa shape index (κ2) is 5.54. The minimum Gasteiger partial charge on any atom is -0.476 e. The molecule has 0 radical (unpaired) electrons. The Hall–Kier alpha value is -2.31. The molecular formula is C9H10N2O5. The first-order chi connectivity index (χ1) is 7.63. The molecule has 1 rings (SSSR count). The van der Waals surface area contributed by atoms with Crippen molar-refractivity contribution in [2.45, 2.75) is 6.54 Å². The molecule has 0 atom stereocenters. The summed E-state index contributed by atoms with van der Waals surface area (Å²) in [5.41, 5.74) is -0.212. The average Bonchev–Trinajstić information content (AvgIpc) is 2.72. The molecule has 1 aromatic heterocycles. The standard InChI is InChI=1S/C9H10N2O5/c1-2-3-15-9(14)10-4-7-11-6(5-16-7)8(12)13/h2,5H,1,3-4H2,(H,10,14)(H,12,13). The van der Waals surface area contributed by atoms with Crippen LogP contribution in [-0.4, -0.2) is 28.8 Å². The fraction of sp³-hybridized carbons (Fsp3) is 0.222. The Balaban J connectivity index is 2.39. The number of hydrogen-bond donors (Lipinski definition) is 2. The van der Waals surface area contributed by atoms with Gasteiger partial charge in [-0.15, -0.1) is 0 Å². The molecule has 86 valence electrons. The molecule has 7 nitrogen and oxygen atoms in total. The van der Waals surface area contributed by atoms with Gasteiger partial charge in [0.05, 0.1) is 6.54 Å². The quantitative estimate of drug-likeness (QED) is 0.719. The minimum atomic E-state index is -1.19. The number of carbonyl (C=O) groups is 2. The van der Waals surface area contributed by atoms with Gasteiger partial charge in [0, 0.05) is 0 Å². The number of nitrogens with one attached hydrogen (secondary N) is 1. The first kappa shape index (κ1) is 11.8. The Labute approximate surface area is 90.7 Å². The molecule has 0 aliphatic carbocycles. The van der Waals surface area contributed by atoms with Crippen LogP contribution in [0.15, 0.2) is 23.3 Å². The molecule has 0 bridgehead atoms. The summed E-state index contributed by atoms with van der Waals surface area (Å²) in [5, 5.41) is 10.9. The summed E-state index contributed by atoms with van der Waals surface area (Å²) in [6.45, 7) is 3.43. The first-order valence-electron chi connectivity index (χ1n) is 4.32. The van der Waals surface area contributed by atoms with Crippen LogP contribution in [0.4, 0.5) is 4.79 Å². The third-order valence-electron chi connectivity index (χ3n) is 1.49. The Bertz CT molecular complexity index is 398. The number of carbonyl (C=O) groups excluding carboxylic acids is 1. The van der Waals surface area contributed by atoms with E-state index in [1.165, 1.54) is 6.08 Å². The van der Waals surface area contributed by atoms with Gasteiger partial charge in [-0.1, -0.05) is 12.7 Å². The number of oxazole rings is 1. The number of aromatic carboxylic acids is 1. The number of carboxylic acid groups (broad SMARTS) is 1. The second-order valence-corrected chi connectivity index (χ2v) is 2.67. The molecule has 0 fully saturated rings. The van der Waals surface area contributed by atoms with Crippen molar-refractivity contribution in [2.24, 2.45) is 0 Å². The molecule has 16 heavy (non-hydrogen) atoms. The number of nitrogens with zero attached hydrogens (tertiary/aromatic N) is 1. The minimum absolute atomic E-state index is 0.0384. The van der Waals surface area contributed by atoms with Crippen molar-refractivity contribution in [3.05, 3.63) is 30.5 Å². The van der Waals surface area contributed by atoms with Gasteiger partial charge in [0.15, 0.2) is 5.69 Å². The average molecular weight is 226 g/mol. The molecule has 0 aromatic carbocycles. The molecule has 1 aromatic rings. The van der Waals surface area contributed by atoms with Crippen LogP contribution in [0.2, 0.25) is 0 Å². The first-order valence-corrected chi connectivity index (χ1v) is 4.32. The van der Waals surface area contributed by atoms with Crippen LogP contribution in [0.1, 0.15) is 16.4 Å². The van der Waals surface area contributed by atoms with E-state index in [0.717, 1.165) is 6.26 Å². The fourth-order valence-electron chi connectivity index (χ4n) is 0.824. The molecule has 0 saturated heterocycles. The van der Waals surface area contributed by atoms with E-state index in [1.807, 2.05) is 0 Å². The van der Waals surface area contributed by atoms with Crippen LogP contribution in [0.5, 0.6) is 0 Å². The van der Waals surface area contributed by atoms with Crippen LogP contribution in [-0.2, 0) is 11.3 Å². The predicted molar refractivity (Wildman–Crippen MR) is 51.8 cm³/mol. The lowest BCUT2D eigenvalue weighted by molar-refractivity contribution is 0.0690. The zero-order valence-corrected chi connectivity index (χ0v) is 8.30. The highest BCUT2D eigenvalue weighted by molar-refractivity contribution is 5.84. The van der Waals surface area contributed by atoms with E-state index in [9.17, 15) is 9.59 Å². The third-order valence-corrected chi connectivity index (χ3v) is 1.49. The van der Waals surface area contributed by atoms with E-state index in [2.05, 4.69) is 21.6 Å². The number of rotatable bonds is 5. The second-order valence-electron chi connectivity index (χ2n) is 2.67. The molecular weight excluding hydrogens is 216 g/mol. The maximum absolute atomic E-state index is 10.9. The smallest absolute Gasteiger partial charge is 0.407 e. The zero-order valence-electron chi connectivity index (χ0n) is 8.30. The molecule has 1 amide bonds. The Morgan fingerprint density at radius 1 is 1.69 bits per heavy atom. The van der Waals surface area contributed by atoms with E-state index in [1.54, 1.807) is 0 Å². The van der Waals surface area contributed by atoms with Crippen LogP contribution >= 0.6 is 0 Å². The molecule has 0 aliphatic rings. The van der Waals surface area contributed by atoms with Gasteiger partial charge >= 0.3 is 12.1 Å². The van der Waals surface area contributed by atoms with Crippen molar-refractivity contribution >= 4 is 12.1 Å². The van der Waals surface area contributed by atoms with Crippen molar-refractivity contribution in [1.29, 1.82) is 0 Å². The maximum Gasteiger partial charge on any atom is 0.407 e. The Kier molecular flexibility index (Phi) is 4.07. The fourth-order valence-corrected chi connectivity index (χ4v) is 0.824. The molecule has 2 N–H and O–H groups in total. The highest BCUT2D eigenvalue weighted by Gasteiger charge is 2.11. The molecule has 0 unspecified atom stereocenters. The largest absolute Gasteiger partial charge is 0.476 e. The molecule has 1 heterocycles. The molecule has 0 aliphatic heterocycles. The number of aromatic nitrogens is 1. The Morgan fingerprint density at radius 3 is 3.00 bits per heavy atom. The number of hydrogen-bond acceptors (Lipinski definition) is 5. The molecule has 0 spiro atoms.